The van der Waals surface area contributed by atoms with Gasteiger partial charge in [-0.2, -0.15) is 0 Å². The van der Waals surface area contributed by atoms with Crippen LogP contribution in [0.3, 0.4) is 0 Å². The molecule has 0 amide bonds. The van der Waals surface area contributed by atoms with Gasteiger partial charge in [0, 0.05) is 47.0 Å². The molecule has 5 heteroatoms. The lowest BCUT2D eigenvalue weighted by Crippen LogP contribution is -2.15. The number of aromatic nitrogens is 3. The number of nitrogens with zero attached hydrogens (tertiary/aromatic N) is 4. The van der Waals surface area contributed by atoms with Gasteiger partial charge in [0.25, 0.3) is 0 Å². The summed E-state index contributed by atoms with van der Waals surface area (Å²) in [6.07, 6.45) is 7.31. The van der Waals surface area contributed by atoms with Crippen LogP contribution in [0.4, 0.5) is 17.1 Å². The predicted molar refractivity (Wildman–Crippen MR) is 143 cm³/mol. The first-order valence-corrected chi connectivity index (χ1v) is 11.8. The highest BCUT2D eigenvalue weighted by atomic mass is 16.5. The van der Waals surface area contributed by atoms with E-state index in [1.54, 1.807) is 12.4 Å². The minimum atomic E-state index is 0.824. The van der Waals surface area contributed by atoms with E-state index in [4.69, 9.17) is 9.72 Å². The second-order valence-corrected chi connectivity index (χ2v) is 8.61. The molecule has 0 bridgehead atoms. The molecule has 7 rings (SSSR count). The molecule has 6 aromatic rings. The van der Waals surface area contributed by atoms with E-state index in [9.17, 15) is 0 Å². The number of hydrogen-bond donors (Lipinski definition) is 0. The molecule has 4 heterocycles. The second-order valence-electron chi connectivity index (χ2n) is 8.61. The predicted octanol–water partition coefficient (Wildman–Crippen LogP) is 7.93. The van der Waals surface area contributed by atoms with Gasteiger partial charge < -0.3 is 9.64 Å². The molecule has 0 atom stereocenters. The summed E-state index contributed by atoms with van der Waals surface area (Å²) in [6.45, 7) is 0. The van der Waals surface area contributed by atoms with Crippen molar-refractivity contribution in [3.8, 4) is 33.9 Å². The Labute approximate surface area is 208 Å². The molecule has 0 N–H and O–H groups in total. The molecule has 36 heavy (non-hydrogen) atoms. The number of ether oxygens (including phenoxy) is 1. The molecular formula is C31H20N4O. The van der Waals surface area contributed by atoms with Crippen molar-refractivity contribution in [2.45, 2.75) is 0 Å². The minimum Gasteiger partial charge on any atom is -0.453 e. The molecule has 1 aliphatic heterocycles. The van der Waals surface area contributed by atoms with Gasteiger partial charge in [-0.3, -0.25) is 9.97 Å². The van der Waals surface area contributed by atoms with E-state index in [0.717, 1.165) is 61.8 Å². The monoisotopic (exact) mass is 464 g/mol. The SMILES string of the molecule is c1cncc(-c2cc(-c3cccnc3)c3ccc(N4c5ccccc5Oc5ccccc54)cc3n2)c1. The number of pyridine rings is 3. The van der Waals surface area contributed by atoms with Crippen LogP contribution in [0.5, 0.6) is 11.5 Å². The number of hydrogen-bond acceptors (Lipinski definition) is 5. The molecule has 0 unspecified atom stereocenters. The summed E-state index contributed by atoms with van der Waals surface area (Å²) in [5.41, 5.74) is 7.86. The minimum absolute atomic E-state index is 0.824. The highest BCUT2D eigenvalue weighted by Crippen LogP contribution is 2.50. The normalized spacial score (nSPS) is 12.1. The first kappa shape index (κ1) is 20.4. The molecule has 0 spiro atoms. The first-order valence-electron chi connectivity index (χ1n) is 11.8. The third-order valence-electron chi connectivity index (χ3n) is 6.41. The smallest absolute Gasteiger partial charge is 0.151 e. The van der Waals surface area contributed by atoms with E-state index in [0.29, 0.717) is 0 Å². The summed E-state index contributed by atoms with van der Waals surface area (Å²) in [7, 11) is 0. The zero-order valence-corrected chi connectivity index (χ0v) is 19.2. The summed E-state index contributed by atoms with van der Waals surface area (Å²) in [6, 6.07) is 32.8. The molecule has 0 saturated heterocycles. The van der Waals surface area contributed by atoms with Crippen molar-refractivity contribution < 1.29 is 4.74 Å². The largest absolute Gasteiger partial charge is 0.453 e. The van der Waals surface area contributed by atoms with Crippen LogP contribution < -0.4 is 9.64 Å². The maximum Gasteiger partial charge on any atom is 0.151 e. The van der Waals surface area contributed by atoms with Crippen LogP contribution in [0.25, 0.3) is 33.3 Å². The van der Waals surface area contributed by atoms with Gasteiger partial charge in [-0.1, -0.05) is 36.4 Å². The lowest BCUT2D eigenvalue weighted by molar-refractivity contribution is 0.477. The average molecular weight is 465 g/mol. The topological polar surface area (TPSA) is 51.1 Å². The molecule has 0 saturated carbocycles. The lowest BCUT2D eigenvalue weighted by atomic mass is 9.99. The van der Waals surface area contributed by atoms with Crippen molar-refractivity contribution in [2.24, 2.45) is 0 Å². The number of para-hydroxylation sites is 4. The maximum atomic E-state index is 6.20. The maximum absolute atomic E-state index is 6.20. The van der Waals surface area contributed by atoms with Gasteiger partial charge in [0.05, 0.1) is 22.6 Å². The van der Waals surface area contributed by atoms with E-state index >= 15 is 0 Å². The van der Waals surface area contributed by atoms with Crippen LogP contribution >= 0.6 is 0 Å². The van der Waals surface area contributed by atoms with E-state index < -0.39 is 0 Å². The van der Waals surface area contributed by atoms with Gasteiger partial charge in [-0.05, 0) is 66.2 Å². The van der Waals surface area contributed by atoms with E-state index in [1.165, 1.54) is 0 Å². The Hall–Kier alpha value is -5.03. The molecule has 0 radical (unpaired) electrons. The fourth-order valence-electron chi connectivity index (χ4n) is 4.76. The molecule has 0 aliphatic carbocycles. The molecule has 0 fully saturated rings. The highest BCUT2D eigenvalue weighted by molar-refractivity contribution is 5.99. The van der Waals surface area contributed by atoms with Gasteiger partial charge >= 0.3 is 0 Å². The Morgan fingerprint density at radius 2 is 1.28 bits per heavy atom. The van der Waals surface area contributed by atoms with Gasteiger partial charge in [-0.25, -0.2) is 4.98 Å². The number of fused-ring (bicyclic) bond motifs is 3. The summed E-state index contributed by atoms with van der Waals surface area (Å²) >= 11 is 0. The number of anilines is 3. The molecule has 1 aliphatic rings. The molecule has 3 aromatic carbocycles. The van der Waals surface area contributed by atoms with Gasteiger partial charge in [0.1, 0.15) is 0 Å². The van der Waals surface area contributed by atoms with Gasteiger partial charge in [0.15, 0.2) is 11.5 Å². The van der Waals surface area contributed by atoms with Crippen molar-refractivity contribution >= 4 is 28.0 Å². The van der Waals surface area contributed by atoms with Crippen molar-refractivity contribution in [3.63, 3.8) is 0 Å². The van der Waals surface area contributed by atoms with Crippen molar-refractivity contribution in [3.05, 3.63) is 122 Å². The van der Waals surface area contributed by atoms with Crippen LogP contribution in [0.15, 0.2) is 122 Å². The van der Waals surface area contributed by atoms with Crippen LogP contribution in [-0.4, -0.2) is 15.0 Å². The quantitative estimate of drug-likeness (QED) is 0.266. The van der Waals surface area contributed by atoms with E-state index in [2.05, 4.69) is 57.3 Å². The second kappa shape index (κ2) is 8.32. The Bertz CT molecular complexity index is 1670. The van der Waals surface area contributed by atoms with Crippen LogP contribution in [0.1, 0.15) is 0 Å². The first-order chi connectivity index (χ1) is 17.8. The fraction of sp³-hybridized carbons (Fsp3) is 0. The average Bonchev–Trinajstić information content (AvgIpc) is 2.96. The third-order valence-corrected chi connectivity index (χ3v) is 6.41. The molecule has 5 nitrogen and oxygen atoms in total. The number of rotatable bonds is 3. The van der Waals surface area contributed by atoms with E-state index in [-0.39, 0.29) is 0 Å². The molecule has 170 valence electrons. The van der Waals surface area contributed by atoms with Crippen molar-refractivity contribution in [1.82, 2.24) is 15.0 Å². The van der Waals surface area contributed by atoms with Crippen molar-refractivity contribution in [2.75, 3.05) is 4.90 Å². The number of benzene rings is 3. The Kier molecular flexibility index (Phi) is 4.71. The Morgan fingerprint density at radius 1 is 0.611 bits per heavy atom. The fourth-order valence-corrected chi connectivity index (χ4v) is 4.76. The summed E-state index contributed by atoms with van der Waals surface area (Å²) in [5.74, 6) is 1.65. The van der Waals surface area contributed by atoms with E-state index in [1.807, 2.05) is 67.0 Å². The molecular weight excluding hydrogens is 444 g/mol. The van der Waals surface area contributed by atoms with Gasteiger partial charge in [0.2, 0.25) is 0 Å². The van der Waals surface area contributed by atoms with Crippen molar-refractivity contribution in [1.29, 1.82) is 0 Å². The van der Waals surface area contributed by atoms with Crippen LogP contribution in [0.2, 0.25) is 0 Å². The van der Waals surface area contributed by atoms with Gasteiger partial charge in [-0.15, -0.1) is 0 Å². The summed E-state index contributed by atoms with van der Waals surface area (Å²) in [4.78, 5) is 16.0. The zero-order valence-electron chi connectivity index (χ0n) is 19.2. The van der Waals surface area contributed by atoms with Crippen LogP contribution in [-0.2, 0) is 0 Å². The Balaban J connectivity index is 1.47. The Morgan fingerprint density at radius 3 is 1.94 bits per heavy atom. The zero-order chi connectivity index (χ0) is 23.9. The molecule has 3 aromatic heterocycles. The summed E-state index contributed by atoms with van der Waals surface area (Å²) in [5, 5.41) is 1.06. The lowest BCUT2D eigenvalue weighted by Gasteiger charge is -2.32. The van der Waals surface area contributed by atoms with Crippen LogP contribution in [0, 0.1) is 0 Å². The third kappa shape index (κ3) is 3.37. The standard InChI is InChI=1S/C31H20N4O/c1-3-11-30-28(9-1)35(29-10-2-4-12-31(29)36-30)23-13-14-24-25(21-7-5-15-32-19-21)18-26(34-27(24)17-23)22-8-6-16-33-20-22/h1-20H. The summed E-state index contributed by atoms with van der Waals surface area (Å²) < 4.78 is 6.20. The highest BCUT2D eigenvalue weighted by Gasteiger charge is 2.25.